The van der Waals surface area contributed by atoms with Gasteiger partial charge in [-0.05, 0) is 56.4 Å². The first kappa shape index (κ1) is 20.4. The fourth-order valence-corrected chi connectivity index (χ4v) is 3.13. The Morgan fingerprint density at radius 1 is 1.15 bits per heavy atom. The van der Waals surface area contributed by atoms with Crippen LogP contribution in [0.25, 0.3) is 0 Å². The molecular weight excluding hydrogens is 351 g/mol. The van der Waals surface area contributed by atoms with Crippen molar-refractivity contribution in [2.45, 2.75) is 63.4 Å². The number of benzene rings is 1. The Balaban J connectivity index is 0.000000298. The molecule has 2 bridgehead atoms. The Bertz CT molecular complexity index is 565. The number of alkyl halides is 3. The first-order valence-electron chi connectivity index (χ1n) is 8.73. The SMILES string of the molecule is CCCOc1ccc(OC2C[C@H]3CC[C@@H](C2)N3)cc1.O=C(O)C(F)(F)F. The van der Waals surface area contributed by atoms with E-state index in [1.54, 1.807) is 0 Å². The predicted octanol–water partition coefficient (Wildman–Crippen LogP) is 3.77. The molecule has 2 fully saturated rings. The van der Waals surface area contributed by atoms with Gasteiger partial charge in [0.2, 0.25) is 0 Å². The number of piperidine rings is 1. The number of carboxylic acid groups (broad SMARTS) is 1. The van der Waals surface area contributed by atoms with Crippen LogP contribution in [0.5, 0.6) is 11.5 Å². The molecular formula is C18H24F3NO4. The van der Waals surface area contributed by atoms with Crippen LogP contribution >= 0.6 is 0 Å². The van der Waals surface area contributed by atoms with Crippen molar-refractivity contribution in [3.8, 4) is 11.5 Å². The second-order valence-electron chi connectivity index (χ2n) is 6.47. The van der Waals surface area contributed by atoms with Crippen LogP contribution in [0, 0.1) is 0 Å². The van der Waals surface area contributed by atoms with Crippen molar-refractivity contribution >= 4 is 5.97 Å². The lowest BCUT2D eigenvalue weighted by molar-refractivity contribution is -0.192. The molecule has 0 aliphatic carbocycles. The van der Waals surface area contributed by atoms with Crippen LogP contribution in [-0.2, 0) is 4.79 Å². The van der Waals surface area contributed by atoms with Gasteiger partial charge >= 0.3 is 12.1 Å². The summed E-state index contributed by atoms with van der Waals surface area (Å²) in [5.41, 5.74) is 0. The molecule has 3 rings (SSSR count). The number of fused-ring (bicyclic) bond motifs is 2. The Morgan fingerprint density at radius 2 is 1.65 bits per heavy atom. The number of hydrogen-bond acceptors (Lipinski definition) is 4. The summed E-state index contributed by atoms with van der Waals surface area (Å²) in [6.45, 7) is 2.89. The van der Waals surface area contributed by atoms with Crippen LogP contribution in [0.2, 0.25) is 0 Å². The van der Waals surface area contributed by atoms with Gasteiger partial charge in [0, 0.05) is 12.1 Å². The molecule has 0 spiro atoms. The average Bonchev–Trinajstić information content (AvgIpc) is 2.92. The van der Waals surface area contributed by atoms with E-state index in [9.17, 15) is 13.2 Å². The van der Waals surface area contributed by atoms with Crippen molar-refractivity contribution in [2.75, 3.05) is 6.61 Å². The zero-order valence-corrected chi connectivity index (χ0v) is 14.6. The maximum atomic E-state index is 10.6. The lowest BCUT2D eigenvalue weighted by Crippen LogP contribution is -2.42. The fraction of sp³-hybridized carbons (Fsp3) is 0.611. The molecule has 0 saturated carbocycles. The van der Waals surface area contributed by atoms with E-state index < -0.39 is 12.1 Å². The molecule has 3 atom stereocenters. The molecule has 1 aromatic rings. The normalized spacial score (nSPS) is 24.4. The zero-order chi connectivity index (χ0) is 19.2. The van der Waals surface area contributed by atoms with Gasteiger partial charge in [0.05, 0.1) is 6.61 Å². The van der Waals surface area contributed by atoms with E-state index in [-0.39, 0.29) is 0 Å². The van der Waals surface area contributed by atoms with E-state index >= 15 is 0 Å². The maximum Gasteiger partial charge on any atom is 0.490 e. The number of rotatable bonds is 5. The van der Waals surface area contributed by atoms with Gasteiger partial charge in [-0.15, -0.1) is 0 Å². The third-order valence-electron chi connectivity index (χ3n) is 4.27. The molecule has 2 N–H and O–H groups in total. The Morgan fingerprint density at radius 3 is 2.12 bits per heavy atom. The quantitative estimate of drug-likeness (QED) is 0.820. The highest BCUT2D eigenvalue weighted by atomic mass is 19.4. The maximum absolute atomic E-state index is 10.6. The van der Waals surface area contributed by atoms with Crippen LogP contribution in [0.1, 0.15) is 39.0 Å². The summed E-state index contributed by atoms with van der Waals surface area (Å²) in [5.74, 6) is -0.859. The van der Waals surface area contributed by atoms with E-state index in [2.05, 4.69) is 12.2 Å². The number of carbonyl (C=O) groups is 1. The number of aliphatic carboxylic acids is 1. The van der Waals surface area contributed by atoms with E-state index in [0.717, 1.165) is 37.4 Å². The molecule has 2 aliphatic rings. The molecule has 5 nitrogen and oxygen atoms in total. The minimum Gasteiger partial charge on any atom is -0.494 e. The van der Waals surface area contributed by atoms with Gasteiger partial charge in [-0.25, -0.2) is 4.79 Å². The minimum atomic E-state index is -5.08. The molecule has 1 aromatic carbocycles. The van der Waals surface area contributed by atoms with Crippen molar-refractivity contribution in [1.82, 2.24) is 5.32 Å². The molecule has 2 aliphatic heterocycles. The monoisotopic (exact) mass is 375 g/mol. The highest BCUT2D eigenvalue weighted by molar-refractivity contribution is 5.73. The van der Waals surface area contributed by atoms with Crippen LogP contribution in [-0.4, -0.2) is 42.0 Å². The standard InChI is InChI=1S/C16H23NO2.C2HF3O2/c1-2-9-18-14-5-7-15(8-6-14)19-16-10-12-3-4-13(11-16)17-12;3-2(4,5)1(6)7/h5-8,12-13,16-17H,2-4,9-11H2,1H3;(H,6,7)/t12-,13+,16?;. The van der Waals surface area contributed by atoms with E-state index in [1.165, 1.54) is 12.8 Å². The second kappa shape index (κ2) is 9.12. The molecule has 26 heavy (non-hydrogen) atoms. The topological polar surface area (TPSA) is 67.8 Å². The second-order valence-corrected chi connectivity index (χ2v) is 6.47. The van der Waals surface area contributed by atoms with E-state index in [1.807, 2.05) is 24.3 Å². The van der Waals surface area contributed by atoms with Crippen molar-refractivity contribution in [2.24, 2.45) is 0 Å². The molecule has 146 valence electrons. The van der Waals surface area contributed by atoms with Crippen LogP contribution < -0.4 is 14.8 Å². The van der Waals surface area contributed by atoms with Gasteiger partial charge in [-0.1, -0.05) is 6.92 Å². The lowest BCUT2D eigenvalue weighted by atomic mass is 10.0. The van der Waals surface area contributed by atoms with Crippen LogP contribution in [0.3, 0.4) is 0 Å². The molecule has 0 radical (unpaired) electrons. The molecule has 2 saturated heterocycles. The smallest absolute Gasteiger partial charge is 0.490 e. The summed E-state index contributed by atoms with van der Waals surface area (Å²) >= 11 is 0. The van der Waals surface area contributed by atoms with Gasteiger partial charge in [0.1, 0.15) is 17.6 Å². The summed E-state index contributed by atoms with van der Waals surface area (Å²) in [4.78, 5) is 8.90. The van der Waals surface area contributed by atoms with Crippen molar-refractivity contribution < 1.29 is 32.5 Å². The van der Waals surface area contributed by atoms with Crippen molar-refractivity contribution in [3.05, 3.63) is 24.3 Å². The number of ether oxygens (including phenoxy) is 2. The third kappa shape index (κ3) is 6.40. The minimum absolute atomic E-state index is 0.376. The highest BCUT2D eigenvalue weighted by Gasteiger charge is 2.38. The van der Waals surface area contributed by atoms with Gasteiger partial charge in [0.15, 0.2) is 0 Å². The summed E-state index contributed by atoms with van der Waals surface area (Å²) in [5, 5.41) is 10.8. The molecule has 2 heterocycles. The average molecular weight is 375 g/mol. The Hall–Kier alpha value is -1.96. The fourth-order valence-electron chi connectivity index (χ4n) is 3.13. The Labute approximate surface area is 150 Å². The molecule has 8 heteroatoms. The third-order valence-corrected chi connectivity index (χ3v) is 4.27. The molecule has 0 amide bonds. The van der Waals surface area contributed by atoms with Crippen LogP contribution in [0.15, 0.2) is 24.3 Å². The van der Waals surface area contributed by atoms with Crippen molar-refractivity contribution in [1.29, 1.82) is 0 Å². The molecule has 0 aromatic heterocycles. The van der Waals surface area contributed by atoms with E-state index in [0.29, 0.717) is 18.2 Å². The molecule has 1 unspecified atom stereocenters. The predicted molar refractivity (Wildman–Crippen MR) is 89.5 cm³/mol. The van der Waals surface area contributed by atoms with Crippen molar-refractivity contribution in [3.63, 3.8) is 0 Å². The number of halogens is 3. The summed E-state index contributed by atoms with van der Waals surface area (Å²) in [6.07, 6.45) is 1.25. The number of hydrogen-bond donors (Lipinski definition) is 2. The van der Waals surface area contributed by atoms with Gasteiger partial charge in [-0.3, -0.25) is 0 Å². The highest BCUT2D eigenvalue weighted by Crippen LogP contribution is 2.30. The van der Waals surface area contributed by atoms with Gasteiger partial charge in [0.25, 0.3) is 0 Å². The zero-order valence-electron chi connectivity index (χ0n) is 14.6. The summed E-state index contributed by atoms with van der Waals surface area (Å²) < 4.78 is 43.4. The van der Waals surface area contributed by atoms with Gasteiger partial charge in [-0.2, -0.15) is 13.2 Å². The first-order valence-corrected chi connectivity index (χ1v) is 8.73. The van der Waals surface area contributed by atoms with Crippen LogP contribution in [0.4, 0.5) is 13.2 Å². The van der Waals surface area contributed by atoms with Gasteiger partial charge < -0.3 is 19.9 Å². The largest absolute Gasteiger partial charge is 0.494 e. The first-order chi connectivity index (χ1) is 12.3. The van der Waals surface area contributed by atoms with E-state index in [4.69, 9.17) is 19.4 Å². The lowest BCUT2D eigenvalue weighted by Gasteiger charge is -2.29. The summed E-state index contributed by atoms with van der Waals surface area (Å²) in [7, 11) is 0. The number of carboxylic acids is 1. The summed E-state index contributed by atoms with van der Waals surface area (Å²) in [6, 6.07) is 9.40. The number of nitrogens with one attached hydrogen (secondary N) is 1. The Kier molecular flexibility index (Phi) is 7.14.